The number of carbonyl (C=O) groups excluding carboxylic acids is 1. The largest absolute Gasteiger partial charge is 0.507 e. The molecule has 1 fully saturated rings. The van der Waals surface area contributed by atoms with Gasteiger partial charge in [-0.25, -0.2) is 0 Å². The Morgan fingerprint density at radius 2 is 2.17 bits per heavy atom. The Hall–Kier alpha value is -3.26. The fourth-order valence-electron chi connectivity index (χ4n) is 3.88. The van der Waals surface area contributed by atoms with E-state index in [0.717, 1.165) is 42.3 Å². The van der Waals surface area contributed by atoms with Crippen molar-refractivity contribution in [3.63, 3.8) is 0 Å². The van der Waals surface area contributed by atoms with Crippen molar-refractivity contribution in [2.24, 2.45) is 0 Å². The Bertz CT molecular complexity index is 1060. The van der Waals surface area contributed by atoms with Gasteiger partial charge in [-0.05, 0) is 57.1 Å². The predicted octanol–water partition coefficient (Wildman–Crippen LogP) is 2.75. The van der Waals surface area contributed by atoms with E-state index in [4.69, 9.17) is 4.74 Å². The third-order valence-electron chi connectivity index (χ3n) is 5.18. The minimum Gasteiger partial charge on any atom is -0.507 e. The highest BCUT2D eigenvalue weighted by Crippen LogP contribution is 2.41. The number of phenols is 1. The molecule has 0 radical (unpaired) electrons. The molecular formula is C21H23N5O3. The summed E-state index contributed by atoms with van der Waals surface area (Å²) < 4.78 is 5.12. The van der Waals surface area contributed by atoms with Crippen LogP contribution in [-0.2, 0) is 4.79 Å². The van der Waals surface area contributed by atoms with Gasteiger partial charge in [0.05, 0.1) is 5.56 Å². The molecule has 150 valence electrons. The van der Waals surface area contributed by atoms with Crippen molar-refractivity contribution in [3.8, 4) is 22.8 Å². The van der Waals surface area contributed by atoms with Gasteiger partial charge in [-0.1, -0.05) is 0 Å². The van der Waals surface area contributed by atoms with Crippen LogP contribution >= 0.6 is 0 Å². The third kappa shape index (κ3) is 3.84. The molecule has 2 aromatic heterocycles. The zero-order valence-corrected chi connectivity index (χ0v) is 16.4. The van der Waals surface area contributed by atoms with E-state index < -0.39 is 0 Å². The first kappa shape index (κ1) is 19.1. The van der Waals surface area contributed by atoms with Crippen molar-refractivity contribution >= 4 is 23.1 Å². The molecule has 1 aliphatic heterocycles. The van der Waals surface area contributed by atoms with Gasteiger partial charge in [-0.3, -0.25) is 9.78 Å². The fraction of sp³-hybridized carbons (Fsp3) is 0.333. The molecule has 1 atom stereocenters. The normalized spacial score (nSPS) is 17.2. The average Bonchev–Trinajstić information content (AvgIpc) is 2.69. The maximum Gasteiger partial charge on any atom is 0.298 e. The van der Waals surface area contributed by atoms with Crippen molar-refractivity contribution in [1.29, 1.82) is 0 Å². The van der Waals surface area contributed by atoms with E-state index in [1.54, 1.807) is 24.5 Å². The van der Waals surface area contributed by atoms with Gasteiger partial charge in [-0.15, -0.1) is 10.2 Å². The van der Waals surface area contributed by atoms with Crippen molar-refractivity contribution in [2.75, 3.05) is 25.5 Å². The molecule has 29 heavy (non-hydrogen) atoms. The number of anilines is 1. The van der Waals surface area contributed by atoms with Crippen LogP contribution in [0.5, 0.6) is 11.5 Å². The van der Waals surface area contributed by atoms with Gasteiger partial charge in [-0.2, -0.15) is 0 Å². The molecule has 0 aliphatic carbocycles. The van der Waals surface area contributed by atoms with Crippen LogP contribution in [0.25, 0.3) is 22.0 Å². The summed E-state index contributed by atoms with van der Waals surface area (Å²) in [6.45, 7) is 4.17. The minimum absolute atomic E-state index is 0.0242. The van der Waals surface area contributed by atoms with Crippen molar-refractivity contribution in [2.45, 2.75) is 25.8 Å². The number of aryl methyl sites for hydroxylation is 1. The third-order valence-corrected chi connectivity index (χ3v) is 5.18. The number of nitrogens with zero attached hydrogens (tertiary/aromatic N) is 4. The lowest BCUT2D eigenvalue weighted by atomic mass is 10.0. The summed E-state index contributed by atoms with van der Waals surface area (Å²) in [5.74, 6) is 0.866. The summed E-state index contributed by atoms with van der Waals surface area (Å²) in [7, 11) is 2.11. The number of likely N-dealkylation sites (N-methyl/N-ethyl adjacent to an activating group) is 1. The predicted molar refractivity (Wildman–Crippen MR) is 110 cm³/mol. The van der Waals surface area contributed by atoms with Gasteiger partial charge in [0.15, 0.2) is 5.82 Å². The number of aromatic nitrogens is 3. The molecule has 0 spiro atoms. The molecule has 0 saturated carbocycles. The van der Waals surface area contributed by atoms with Crippen LogP contribution in [0, 0.1) is 6.92 Å². The highest BCUT2D eigenvalue weighted by atomic mass is 16.5. The molecule has 2 N–H and O–H groups in total. The smallest absolute Gasteiger partial charge is 0.298 e. The van der Waals surface area contributed by atoms with E-state index in [1.165, 1.54) is 0 Å². The maximum absolute atomic E-state index is 11.0. The molecule has 1 saturated heterocycles. The zero-order valence-electron chi connectivity index (χ0n) is 16.4. The molecule has 8 heteroatoms. The first-order chi connectivity index (χ1) is 14.1. The fourth-order valence-corrected chi connectivity index (χ4v) is 3.88. The second kappa shape index (κ2) is 8.00. The molecule has 0 bridgehead atoms. The maximum atomic E-state index is 11.0. The summed E-state index contributed by atoms with van der Waals surface area (Å²) in [5.41, 5.74) is 1.53. The van der Waals surface area contributed by atoms with Gasteiger partial charge in [0.2, 0.25) is 0 Å². The summed E-state index contributed by atoms with van der Waals surface area (Å²) in [6, 6.07) is 5.38. The summed E-state index contributed by atoms with van der Waals surface area (Å²) in [4.78, 5) is 17.5. The van der Waals surface area contributed by atoms with E-state index in [2.05, 4.69) is 32.4 Å². The minimum atomic E-state index is -0.0242. The molecular weight excluding hydrogens is 370 g/mol. The lowest BCUT2D eigenvalue weighted by molar-refractivity contribution is -0.120. The number of fused-ring (bicyclic) bond motifs is 1. The van der Waals surface area contributed by atoms with Gasteiger partial charge in [0, 0.05) is 35.8 Å². The number of carbonyl (C=O) groups is 1. The number of likely N-dealkylation sites (tertiary alicyclic amines) is 1. The number of phenolic OH excluding ortho intramolecular Hbond substituents is 1. The summed E-state index contributed by atoms with van der Waals surface area (Å²) in [6.07, 6.45) is 5.58. The first-order valence-corrected chi connectivity index (χ1v) is 9.56. The molecule has 8 nitrogen and oxygen atoms in total. The van der Waals surface area contributed by atoms with Gasteiger partial charge < -0.3 is 20.1 Å². The number of piperidine rings is 1. The number of hydrogen-bond donors (Lipinski definition) is 2. The van der Waals surface area contributed by atoms with Crippen LogP contribution in [0.2, 0.25) is 0 Å². The van der Waals surface area contributed by atoms with Crippen LogP contribution in [0.3, 0.4) is 0 Å². The first-order valence-electron chi connectivity index (χ1n) is 9.56. The standard InChI is InChI=1S/C21H23N5O3/c1-13-8-17(28)19(18(9-13)29-12-27)20-15-5-6-22-10-16(15)21(25-24-20)23-14-4-3-7-26(2)11-14/h5-6,8-10,12,14,28H,3-4,7,11H2,1-2H3,(H,23,25)/t14-/m1/s1. The molecule has 3 aromatic rings. The number of benzene rings is 1. The highest BCUT2D eigenvalue weighted by molar-refractivity contribution is 6.01. The van der Waals surface area contributed by atoms with Crippen molar-refractivity contribution in [3.05, 3.63) is 36.2 Å². The topological polar surface area (TPSA) is 100 Å². The number of pyridine rings is 1. The second-order valence-electron chi connectivity index (χ2n) is 7.44. The summed E-state index contributed by atoms with van der Waals surface area (Å²) >= 11 is 0. The lowest BCUT2D eigenvalue weighted by Gasteiger charge is -2.30. The number of hydrogen-bond acceptors (Lipinski definition) is 8. The van der Waals surface area contributed by atoms with E-state index in [-0.39, 0.29) is 17.5 Å². The van der Waals surface area contributed by atoms with E-state index >= 15 is 0 Å². The summed E-state index contributed by atoms with van der Waals surface area (Å²) in [5, 5.41) is 24.4. The quantitative estimate of drug-likeness (QED) is 0.638. The molecule has 4 rings (SSSR count). The van der Waals surface area contributed by atoms with E-state index in [1.807, 2.05) is 13.0 Å². The Morgan fingerprint density at radius 3 is 2.97 bits per heavy atom. The Labute approximate surface area is 168 Å². The number of rotatable bonds is 5. The number of nitrogens with one attached hydrogen (secondary N) is 1. The molecule has 1 aromatic carbocycles. The number of ether oxygens (including phenoxy) is 1. The van der Waals surface area contributed by atoms with Crippen molar-refractivity contribution < 1.29 is 14.6 Å². The number of aromatic hydroxyl groups is 1. The van der Waals surface area contributed by atoms with Crippen LogP contribution in [-0.4, -0.2) is 57.8 Å². The van der Waals surface area contributed by atoms with Crippen molar-refractivity contribution in [1.82, 2.24) is 20.1 Å². The van der Waals surface area contributed by atoms with Crippen LogP contribution in [0.1, 0.15) is 18.4 Å². The van der Waals surface area contributed by atoms with E-state index in [0.29, 0.717) is 23.5 Å². The molecule has 3 heterocycles. The van der Waals surface area contributed by atoms with Gasteiger partial charge in [0.1, 0.15) is 17.2 Å². The van der Waals surface area contributed by atoms with Crippen LogP contribution in [0.15, 0.2) is 30.6 Å². The van der Waals surface area contributed by atoms with E-state index in [9.17, 15) is 9.90 Å². The van der Waals surface area contributed by atoms with Crippen LogP contribution in [0.4, 0.5) is 5.82 Å². The second-order valence-corrected chi connectivity index (χ2v) is 7.44. The van der Waals surface area contributed by atoms with Gasteiger partial charge in [0.25, 0.3) is 6.47 Å². The lowest BCUT2D eigenvalue weighted by Crippen LogP contribution is -2.40. The Morgan fingerprint density at radius 1 is 1.31 bits per heavy atom. The van der Waals surface area contributed by atoms with Crippen LogP contribution < -0.4 is 10.1 Å². The molecule has 0 unspecified atom stereocenters. The Balaban J connectivity index is 1.81. The Kier molecular flexibility index (Phi) is 5.26. The molecule has 0 amide bonds. The zero-order chi connectivity index (χ0) is 20.4. The highest BCUT2D eigenvalue weighted by Gasteiger charge is 2.22. The SMILES string of the molecule is Cc1cc(O)c(-c2nnc(N[C@@H]3CCCN(C)C3)c3cnccc23)c(OC=O)c1. The van der Waals surface area contributed by atoms with Gasteiger partial charge >= 0.3 is 0 Å². The monoisotopic (exact) mass is 393 g/mol. The molecule has 1 aliphatic rings. The average molecular weight is 393 g/mol.